The Morgan fingerprint density at radius 2 is 1.79 bits per heavy atom. The van der Waals surface area contributed by atoms with Crippen molar-refractivity contribution in [2.24, 2.45) is 7.05 Å². The van der Waals surface area contributed by atoms with Crippen molar-refractivity contribution in [3.63, 3.8) is 0 Å². The smallest absolute Gasteiger partial charge is 0.138 e. The molecule has 1 N–H and O–H groups in total. The molecule has 0 bridgehead atoms. The third kappa shape index (κ3) is 3.71. The van der Waals surface area contributed by atoms with Gasteiger partial charge in [0.05, 0.1) is 41.1 Å². The Balaban J connectivity index is 1.80. The molecule has 0 radical (unpaired) electrons. The summed E-state index contributed by atoms with van der Waals surface area (Å²) >= 11 is 7.08. The van der Waals surface area contributed by atoms with Crippen LogP contribution in [-0.4, -0.2) is 38.7 Å². The number of benzene rings is 2. The molecule has 0 aliphatic carbocycles. The molecule has 0 spiro atoms. The second-order valence-electron chi connectivity index (χ2n) is 8.36. The van der Waals surface area contributed by atoms with E-state index in [0.29, 0.717) is 5.02 Å². The highest BCUT2D eigenvalue weighted by Gasteiger charge is 2.20. The van der Waals surface area contributed by atoms with Crippen LogP contribution in [0, 0.1) is 0 Å². The maximum absolute atomic E-state index is 10.1. The van der Waals surface area contributed by atoms with E-state index in [1.165, 1.54) is 0 Å². The van der Waals surface area contributed by atoms with Gasteiger partial charge in [0, 0.05) is 43.9 Å². The molecule has 6 nitrogen and oxygen atoms in total. The lowest BCUT2D eigenvalue weighted by atomic mass is 9.95. The number of fused-ring (bicyclic) bond motifs is 1. The van der Waals surface area contributed by atoms with E-state index in [0.717, 1.165) is 55.9 Å². The predicted molar refractivity (Wildman–Crippen MR) is 138 cm³/mol. The van der Waals surface area contributed by atoms with E-state index < -0.39 is 0 Å². The van der Waals surface area contributed by atoms with Crippen molar-refractivity contribution in [1.82, 2.24) is 19.5 Å². The summed E-state index contributed by atoms with van der Waals surface area (Å²) < 4.78 is 1.92. The number of anilines is 1. The number of aromatic nitrogens is 4. The first-order valence-electron chi connectivity index (χ1n) is 10.9. The van der Waals surface area contributed by atoms with Crippen LogP contribution in [0.15, 0.2) is 73.3 Å². The molecule has 34 heavy (non-hydrogen) atoms. The number of aliphatic hydroxyl groups excluding tert-OH is 1. The molecule has 0 atom stereocenters. The summed E-state index contributed by atoms with van der Waals surface area (Å²) in [6, 6.07) is 17.9. The molecule has 7 heteroatoms. The van der Waals surface area contributed by atoms with Gasteiger partial charge >= 0.3 is 0 Å². The van der Waals surface area contributed by atoms with Crippen LogP contribution >= 0.6 is 11.6 Å². The van der Waals surface area contributed by atoms with Gasteiger partial charge in [-0.05, 0) is 34.9 Å². The van der Waals surface area contributed by atoms with Crippen molar-refractivity contribution in [3.8, 4) is 33.6 Å². The van der Waals surface area contributed by atoms with Crippen LogP contribution in [0.5, 0.6) is 0 Å². The Bertz CT molecular complexity index is 1490. The average molecular weight is 470 g/mol. The molecule has 3 heterocycles. The molecule has 0 saturated carbocycles. The van der Waals surface area contributed by atoms with E-state index in [2.05, 4.69) is 9.97 Å². The molecule has 0 fully saturated rings. The van der Waals surface area contributed by atoms with E-state index in [1.54, 1.807) is 18.7 Å². The lowest BCUT2D eigenvalue weighted by Crippen LogP contribution is -2.12. The molecular formula is C27H24ClN5O. The topological polar surface area (TPSA) is 67.1 Å². The van der Waals surface area contributed by atoms with Gasteiger partial charge in [-0.15, -0.1) is 0 Å². The van der Waals surface area contributed by atoms with Gasteiger partial charge in [0.2, 0.25) is 0 Å². The number of halogens is 1. The zero-order valence-electron chi connectivity index (χ0n) is 19.2. The third-order valence-electron chi connectivity index (χ3n) is 5.94. The molecule has 0 unspecified atom stereocenters. The number of aliphatic hydroxyl groups is 1. The molecule has 0 saturated heterocycles. The molecule has 0 aliphatic rings. The fourth-order valence-electron chi connectivity index (χ4n) is 4.29. The maximum Gasteiger partial charge on any atom is 0.138 e. The summed E-state index contributed by atoms with van der Waals surface area (Å²) in [5.74, 6) is 0.810. The first-order valence-corrected chi connectivity index (χ1v) is 11.3. The minimum Gasteiger partial charge on any atom is -0.392 e. The Hall–Kier alpha value is -3.74. The number of rotatable bonds is 5. The van der Waals surface area contributed by atoms with Crippen molar-refractivity contribution >= 4 is 28.3 Å². The van der Waals surface area contributed by atoms with E-state index >= 15 is 0 Å². The summed E-state index contributed by atoms with van der Waals surface area (Å²) in [6.45, 7) is -0.110. The van der Waals surface area contributed by atoms with Crippen LogP contribution in [-0.2, 0) is 13.7 Å². The van der Waals surface area contributed by atoms with Crippen LogP contribution < -0.4 is 4.90 Å². The van der Waals surface area contributed by atoms with Crippen molar-refractivity contribution in [2.45, 2.75) is 6.61 Å². The minimum atomic E-state index is -0.110. The zero-order chi connectivity index (χ0) is 23.8. The van der Waals surface area contributed by atoms with Crippen molar-refractivity contribution in [1.29, 1.82) is 0 Å². The van der Waals surface area contributed by atoms with Gasteiger partial charge in [0.15, 0.2) is 0 Å². The Labute approximate surface area is 203 Å². The summed E-state index contributed by atoms with van der Waals surface area (Å²) in [4.78, 5) is 15.8. The maximum atomic E-state index is 10.1. The van der Waals surface area contributed by atoms with Crippen LogP contribution in [0.3, 0.4) is 0 Å². The molecule has 2 aromatic carbocycles. The summed E-state index contributed by atoms with van der Waals surface area (Å²) in [5, 5.41) is 11.6. The van der Waals surface area contributed by atoms with Crippen LogP contribution in [0.4, 0.5) is 5.82 Å². The number of imidazole rings is 1. The minimum absolute atomic E-state index is 0.110. The SMILES string of the molecule is CN(C)c1nc2ccc(-c3c(CO)ccnc3-c3cncn3C)cc2c(Cl)c1-c1ccccc1. The molecule has 5 rings (SSSR count). The Kier molecular flexibility index (Phi) is 5.77. The van der Waals surface area contributed by atoms with E-state index in [-0.39, 0.29) is 6.61 Å². The Morgan fingerprint density at radius 1 is 1.00 bits per heavy atom. The van der Waals surface area contributed by atoms with E-state index in [1.807, 2.05) is 85.2 Å². The highest BCUT2D eigenvalue weighted by Crippen LogP contribution is 2.42. The van der Waals surface area contributed by atoms with Crippen molar-refractivity contribution in [3.05, 3.63) is 83.9 Å². The van der Waals surface area contributed by atoms with Gasteiger partial charge in [0.25, 0.3) is 0 Å². The molecule has 3 aromatic heterocycles. The number of hydrogen-bond donors (Lipinski definition) is 1. The summed E-state index contributed by atoms with van der Waals surface area (Å²) in [6.07, 6.45) is 5.23. The van der Waals surface area contributed by atoms with Crippen LogP contribution in [0.2, 0.25) is 5.02 Å². The van der Waals surface area contributed by atoms with E-state index in [4.69, 9.17) is 16.6 Å². The number of pyridine rings is 2. The van der Waals surface area contributed by atoms with Gasteiger partial charge in [0.1, 0.15) is 5.82 Å². The largest absolute Gasteiger partial charge is 0.392 e. The van der Waals surface area contributed by atoms with Crippen molar-refractivity contribution < 1.29 is 5.11 Å². The molecule has 0 aliphatic heterocycles. The van der Waals surface area contributed by atoms with Gasteiger partial charge in [-0.1, -0.05) is 48.0 Å². The lowest BCUT2D eigenvalue weighted by molar-refractivity contribution is 0.282. The lowest BCUT2D eigenvalue weighted by Gasteiger charge is -2.20. The Morgan fingerprint density at radius 3 is 2.47 bits per heavy atom. The first kappa shape index (κ1) is 22.1. The molecule has 0 amide bonds. The van der Waals surface area contributed by atoms with Crippen LogP contribution in [0.1, 0.15) is 5.56 Å². The zero-order valence-corrected chi connectivity index (χ0v) is 20.0. The fraction of sp³-hybridized carbons (Fsp3) is 0.148. The normalized spacial score (nSPS) is 11.2. The molecule has 170 valence electrons. The second-order valence-corrected chi connectivity index (χ2v) is 8.74. The molecule has 5 aromatic rings. The highest BCUT2D eigenvalue weighted by molar-refractivity contribution is 6.39. The molecular weight excluding hydrogens is 446 g/mol. The van der Waals surface area contributed by atoms with Gasteiger partial charge < -0.3 is 14.6 Å². The van der Waals surface area contributed by atoms with Crippen molar-refractivity contribution in [2.75, 3.05) is 19.0 Å². The first-order chi connectivity index (χ1) is 16.5. The number of aryl methyl sites for hydroxylation is 1. The quantitative estimate of drug-likeness (QED) is 0.364. The fourth-order valence-corrected chi connectivity index (χ4v) is 4.63. The van der Waals surface area contributed by atoms with Crippen LogP contribution in [0.25, 0.3) is 44.5 Å². The predicted octanol–water partition coefficient (Wildman–Crippen LogP) is 5.58. The van der Waals surface area contributed by atoms with Gasteiger partial charge in [-0.25, -0.2) is 9.97 Å². The number of nitrogens with zero attached hydrogens (tertiary/aromatic N) is 5. The van der Waals surface area contributed by atoms with E-state index in [9.17, 15) is 5.11 Å². The second kappa shape index (κ2) is 8.89. The monoisotopic (exact) mass is 469 g/mol. The highest BCUT2D eigenvalue weighted by atomic mass is 35.5. The standard InChI is InChI=1S/C27H24ClN5O/c1-32(2)27-24(17-7-5-4-6-8-17)25(28)20-13-18(9-10-21(20)31-27)23-19(15-34)11-12-30-26(23)22-14-29-16-33(22)3/h4-14,16,34H,15H2,1-3H3. The summed E-state index contributed by atoms with van der Waals surface area (Å²) in [7, 11) is 5.86. The third-order valence-corrected chi connectivity index (χ3v) is 6.34. The number of hydrogen-bond acceptors (Lipinski definition) is 5. The average Bonchev–Trinajstić information content (AvgIpc) is 3.29. The summed E-state index contributed by atoms with van der Waals surface area (Å²) in [5.41, 5.74) is 6.84. The van der Waals surface area contributed by atoms with Gasteiger partial charge in [-0.2, -0.15) is 0 Å². The van der Waals surface area contributed by atoms with Gasteiger partial charge in [-0.3, -0.25) is 4.98 Å².